The van der Waals surface area contributed by atoms with E-state index in [2.05, 4.69) is 24.3 Å². The molecule has 0 atom stereocenters. The Labute approximate surface area is 111 Å². The molecule has 0 bridgehead atoms. The van der Waals surface area contributed by atoms with Gasteiger partial charge in [0, 0.05) is 24.8 Å². The predicted molar refractivity (Wildman–Crippen MR) is 71.2 cm³/mol. The van der Waals surface area contributed by atoms with Crippen LogP contribution in [0.5, 0.6) is 0 Å². The monoisotopic (exact) mass is 265 g/mol. The largest absolute Gasteiger partial charge is 0.368 e. The number of aromatic nitrogens is 2. The minimum absolute atomic E-state index is 0.321. The van der Waals surface area contributed by atoms with Gasteiger partial charge in [0.2, 0.25) is 0 Å². The summed E-state index contributed by atoms with van der Waals surface area (Å²) in [5.74, 6) is -0.828. The van der Waals surface area contributed by atoms with E-state index < -0.39 is 11.6 Å². The second-order valence-electron chi connectivity index (χ2n) is 4.70. The SMILES string of the molecule is CC(C)n1ccc(NCCc2ccc(F)c(F)c2)n1. The van der Waals surface area contributed by atoms with Crippen LogP contribution in [0.2, 0.25) is 0 Å². The molecule has 5 heteroatoms. The van der Waals surface area contributed by atoms with Crippen molar-refractivity contribution in [2.45, 2.75) is 26.3 Å². The Kier molecular flexibility index (Phi) is 4.14. The van der Waals surface area contributed by atoms with Gasteiger partial charge in [0.25, 0.3) is 0 Å². The van der Waals surface area contributed by atoms with Gasteiger partial charge in [-0.05, 0) is 38.0 Å². The Morgan fingerprint density at radius 2 is 2.00 bits per heavy atom. The van der Waals surface area contributed by atoms with Gasteiger partial charge in [-0.2, -0.15) is 5.10 Å². The zero-order valence-corrected chi connectivity index (χ0v) is 11.0. The van der Waals surface area contributed by atoms with Crippen LogP contribution in [0.4, 0.5) is 14.6 Å². The second kappa shape index (κ2) is 5.82. The quantitative estimate of drug-likeness (QED) is 0.898. The summed E-state index contributed by atoms with van der Waals surface area (Å²) in [5.41, 5.74) is 0.759. The van der Waals surface area contributed by atoms with Crippen LogP contribution in [0.15, 0.2) is 30.5 Å². The first-order valence-electron chi connectivity index (χ1n) is 6.29. The van der Waals surface area contributed by atoms with Crippen LogP contribution < -0.4 is 5.32 Å². The van der Waals surface area contributed by atoms with Crippen LogP contribution in [0.3, 0.4) is 0 Å². The Morgan fingerprint density at radius 1 is 1.21 bits per heavy atom. The van der Waals surface area contributed by atoms with Gasteiger partial charge in [-0.25, -0.2) is 8.78 Å². The zero-order chi connectivity index (χ0) is 13.8. The van der Waals surface area contributed by atoms with Crippen molar-refractivity contribution >= 4 is 5.82 Å². The summed E-state index contributed by atoms with van der Waals surface area (Å²) in [7, 11) is 0. The lowest BCUT2D eigenvalue weighted by Gasteiger charge is -2.06. The van der Waals surface area contributed by atoms with E-state index in [-0.39, 0.29) is 0 Å². The topological polar surface area (TPSA) is 29.9 Å². The van der Waals surface area contributed by atoms with Crippen molar-refractivity contribution in [2.24, 2.45) is 0 Å². The molecule has 0 unspecified atom stereocenters. The third kappa shape index (κ3) is 3.53. The van der Waals surface area contributed by atoms with Crippen molar-refractivity contribution < 1.29 is 8.78 Å². The molecule has 0 saturated heterocycles. The fraction of sp³-hybridized carbons (Fsp3) is 0.357. The molecule has 2 rings (SSSR count). The van der Waals surface area contributed by atoms with E-state index in [1.165, 1.54) is 6.07 Å². The van der Waals surface area contributed by atoms with E-state index >= 15 is 0 Å². The van der Waals surface area contributed by atoms with Crippen molar-refractivity contribution in [3.05, 3.63) is 47.7 Å². The first-order valence-corrected chi connectivity index (χ1v) is 6.29. The van der Waals surface area contributed by atoms with Crippen LogP contribution in [0.1, 0.15) is 25.5 Å². The van der Waals surface area contributed by atoms with E-state index in [0.29, 0.717) is 19.0 Å². The van der Waals surface area contributed by atoms with E-state index in [1.807, 2.05) is 16.9 Å². The van der Waals surface area contributed by atoms with Gasteiger partial charge in [0.05, 0.1) is 0 Å². The molecule has 0 aliphatic rings. The van der Waals surface area contributed by atoms with Crippen molar-refractivity contribution in [3.8, 4) is 0 Å². The van der Waals surface area contributed by atoms with E-state index in [0.717, 1.165) is 17.4 Å². The summed E-state index contributed by atoms with van der Waals surface area (Å²) >= 11 is 0. The highest BCUT2D eigenvalue weighted by molar-refractivity contribution is 5.32. The number of hydrogen-bond donors (Lipinski definition) is 1. The molecule has 0 radical (unpaired) electrons. The van der Waals surface area contributed by atoms with Crippen LogP contribution in [0.25, 0.3) is 0 Å². The number of halogens is 2. The molecule has 3 nitrogen and oxygen atoms in total. The number of hydrogen-bond acceptors (Lipinski definition) is 2. The lowest BCUT2D eigenvalue weighted by atomic mass is 10.1. The van der Waals surface area contributed by atoms with Gasteiger partial charge >= 0.3 is 0 Å². The van der Waals surface area contributed by atoms with Crippen molar-refractivity contribution in [2.75, 3.05) is 11.9 Å². The van der Waals surface area contributed by atoms with Crippen molar-refractivity contribution in [1.82, 2.24) is 9.78 Å². The maximum atomic E-state index is 13.0. The summed E-state index contributed by atoms with van der Waals surface area (Å²) < 4.78 is 27.6. The molecule has 1 N–H and O–H groups in total. The zero-order valence-electron chi connectivity index (χ0n) is 11.0. The van der Waals surface area contributed by atoms with Gasteiger partial charge in [-0.1, -0.05) is 6.07 Å². The molecule has 0 amide bonds. The molecular weight excluding hydrogens is 248 g/mol. The maximum Gasteiger partial charge on any atom is 0.159 e. The van der Waals surface area contributed by atoms with E-state index in [4.69, 9.17) is 0 Å². The van der Waals surface area contributed by atoms with Gasteiger partial charge in [0.1, 0.15) is 5.82 Å². The summed E-state index contributed by atoms with van der Waals surface area (Å²) in [6, 6.07) is 6.18. The molecule has 2 aromatic rings. The predicted octanol–water partition coefficient (Wildman–Crippen LogP) is 3.40. The fourth-order valence-corrected chi connectivity index (χ4v) is 1.75. The third-order valence-electron chi connectivity index (χ3n) is 2.84. The summed E-state index contributed by atoms with van der Waals surface area (Å²) in [6.45, 7) is 4.73. The molecular formula is C14H17F2N3. The average Bonchev–Trinajstić information content (AvgIpc) is 2.83. The van der Waals surface area contributed by atoms with Crippen molar-refractivity contribution in [1.29, 1.82) is 0 Å². The molecule has 0 aliphatic heterocycles. The van der Waals surface area contributed by atoms with Crippen molar-refractivity contribution in [3.63, 3.8) is 0 Å². The molecule has 1 heterocycles. The Bertz CT molecular complexity index is 549. The highest BCUT2D eigenvalue weighted by atomic mass is 19.2. The minimum atomic E-state index is -0.813. The smallest absolute Gasteiger partial charge is 0.159 e. The molecule has 1 aromatic heterocycles. The minimum Gasteiger partial charge on any atom is -0.368 e. The number of benzene rings is 1. The highest BCUT2D eigenvalue weighted by Crippen LogP contribution is 2.11. The highest BCUT2D eigenvalue weighted by Gasteiger charge is 2.04. The Hall–Kier alpha value is -1.91. The summed E-state index contributed by atoms with van der Waals surface area (Å²) in [4.78, 5) is 0. The molecule has 0 saturated carbocycles. The molecule has 19 heavy (non-hydrogen) atoms. The number of rotatable bonds is 5. The maximum absolute atomic E-state index is 13.0. The fourth-order valence-electron chi connectivity index (χ4n) is 1.75. The Morgan fingerprint density at radius 3 is 2.63 bits per heavy atom. The molecule has 0 aliphatic carbocycles. The van der Waals surface area contributed by atoms with Crippen LogP contribution in [0, 0.1) is 11.6 Å². The molecule has 0 spiro atoms. The first kappa shape index (κ1) is 13.5. The van der Waals surface area contributed by atoms with Gasteiger partial charge in [-0.15, -0.1) is 0 Å². The van der Waals surface area contributed by atoms with Crippen LogP contribution in [-0.4, -0.2) is 16.3 Å². The number of nitrogens with zero attached hydrogens (tertiary/aromatic N) is 2. The van der Waals surface area contributed by atoms with Gasteiger partial charge < -0.3 is 5.32 Å². The molecule has 0 fully saturated rings. The van der Waals surface area contributed by atoms with E-state index in [9.17, 15) is 8.78 Å². The number of anilines is 1. The molecule has 1 aromatic carbocycles. The van der Waals surface area contributed by atoms with Crippen LogP contribution >= 0.6 is 0 Å². The number of nitrogens with one attached hydrogen (secondary N) is 1. The van der Waals surface area contributed by atoms with Crippen LogP contribution in [-0.2, 0) is 6.42 Å². The molecule has 102 valence electrons. The van der Waals surface area contributed by atoms with Gasteiger partial charge in [0.15, 0.2) is 11.6 Å². The first-order chi connectivity index (χ1) is 9.06. The standard InChI is InChI=1S/C14H17F2N3/c1-10(2)19-8-6-14(18-19)17-7-5-11-3-4-12(15)13(16)9-11/h3-4,6,8-10H,5,7H2,1-2H3,(H,17,18). The average molecular weight is 265 g/mol. The summed E-state index contributed by atoms with van der Waals surface area (Å²) in [6.07, 6.45) is 2.52. The third-order valence-corrected chi connectivity index (χ3v) is 2.84. The lowest BCUT2D eigenvalue weighted by molar-refractivity contribution is 0.507. The normalized spacial score (nSPS) is 11.0. The Balaban J connectivity index is 1.87. The summed E-state index contributed by atoms with van der Waals surface area (Å²) in [5, 5.41) is 7.50. The lowest BCUT2D eigenvalue weighted by Crippen LogP contribution is -2.07. The second-order valence-corrected chi connectivity index (χ2v) is 4.70. The van der Waals surface area contributed by atoms with Gasteiger partial charge in [-0.3, -0.25) is 4.68 Å². The van der Waals surface area contributed by atoms with E-state index in [1.54, 1.807) is 6.07 Å².